The first-order valence-electron chi connectivity index (χ1n) is 5.48. The van der Waals surface area contributed by atoms with Gasteiger partial charge in [0.1, 0.15) is 24.4 Å². The molecule has 2 heterocycles. The minimum Gasteiger partial charge on any atom is -0.394 e. The second-order valence-electron chi connectivity index (χ2n) is 4.09. The van der Waals surface area contributed by atoms with Gasteiger partial charge in [-0.15, -0.1) is 0 Å². The van der Waals surface area contributed by atoms with E-state index in [0.717, 1.165) is 0 Å². The molecular weight excluding hydrogens is 216 g/mol. The summed E-state index contributed by atoms with van der Waals surface area (Å²) in [5.41, 5.74) is 0. The molecule has 6 atom stereocenters. The van der Waals surface area contributed by atoms with Crippen LogP contribution in [0.5, 0.6) is 0 Å². The quantitative estimate of drug-likeness (QED) is 0.653. The molecule has 0 aromatic carbocycles. The zero-order chi connectivity index (χ0) is 11.7. The van der Waals surface area contributed by atoms with Crippen molar-refractivity contribution in [1.29, 1.82) is 0 Å². The predicted octanol–water partition coefficient (Wildman–Crippen LogP) is -0.769. The van der Waals surface area contributed by atoms with Crippen molar-refractivity contribution < 1.29 is 29.2 Å². The fraction of sp³-hybridized carbons (Fsp3) is 1.00. The van der Waals surface area contributed by atoms with Gasteiger partial charge in [0.15, 0.2) is 12.6 Å². The van der Waals surface area contributed by atoms with Crippen molar-refractivity contribution in [2.45, 2.75) is 50.8 Å². The van der Waals surface area contributed by atoms with Crippen LogP contribution in [0.1, 0.15) is 13.8 Å². The molecular formula is C10H18O6. The molecule has 94 valence electrons. The number of rotatable bonds is 2. The third kappa shape index (κ3) is 2.37. The molecule has 0 unspecified atom stereocenters. The van der Waals surface area contributed by atoms with Crippen LogP contribution in [-0.2, 0) is 18.9 Å². The normalized spacial score (nSPS) is 46.1. The highest BCUT2D eigenvalue weighted by molar-refractivity contribution is 4.89. The summed E-state index contributed by atoms with van der Waals surface area (Å²) < 4.78 is 21.8. The number of hydrogen-bond acceptors (Lipinski definition) is 6. The maximum Gasteiger partial charge on any atom is 0.156 e. The molecule has 2 fully saturated rings. The molecule has 0 spiro atoms. The Morgan fingerprint density at radius 1 is 1.19 bits per heavy atom. The van der Waals surface area contributed by atoms with Crippen molar-refractivity contribution in [3.63, 3.8) is 0 Å². The summed E-state index contributed by atoms with van der Waals surface area (Å²) in [6.07, 6.45) is -2.99. The molecule has 0 aliphatic carbocycles. The van der Waals surface area contributed by atoms with Gasteiger partial charge >= 0.3 is 0 Å². The molecule has 0 amide bonds. The van der Waals surface area contributed by atoms with Gasteiger partial charge in [-0.1, -0.05) is 0 Å². The van der Waals surface area contributed by atoms with E-state index in [4.69, 9.17) is 24.1 Å². The highest BCUT2D eigenvalue weighted by atomic mass is 16.8. The Morgan fingerprint density at radius 3 is 2.62 bits per heavy atom. The van der Waals surface area contributed by atoms with Crippen molar-refractivity contribution >= 4 is 0 Å². The second-order valence-corrected chi connectivity index (χ2v) is 4.09. The predicted molar refractivity (Wildman–Crippen MR) is 52.6 cm³/mol. The maximum atomic E-state index is 9.67. The first-order chi connectivity index (χ1) is 7.61. The molecule has 0 aromatic heterocycles. The van der Waals surface area contributed by atoms with E-state index in [9.17, 15) is 5.11 Å². The highest BCUT2D eigenvalue weighted by Gasteiger charge is 2.45. The first kappa shape index (κ1) is 12.2. The van der Waals surface area contributed by atoms with Gasteiger partial charge in [0.05, 0.1) is 13.2 Å². The van der Waals surface area contributed by atoms with E-state index in [1.165, 1.54) is 0 Å². The van der Waals surface area contributed by atoms with Crippen molar-refractivity contribution in [3.05, 3.63) is 0 Å². The number of aliphatic hydroxyl groups excluding tert-OH is 2. The van der Waals surface area contributed by atoms with Crippen LogP contribution in [0.25, 0.3) is 0 Å². The lowest BCUT2D eigenvalue weighted by Crippen LogP contribution is -2.60. The minimum atomic E-state index is -0.968. The van der Waals surface area contributed by atoms with Gasteiger partial charge in [0.2, 0.25) is 0 Å². The monoisotopic (exact) mass is 234 g/mol. The van der Waals surface area contributed by atoms with Gasteiger partial charge in [-0.25, -0.2) is 0 Å². The minimum absolute atomic E-state index is 0.258. The Bertz CT molecular complexity index is 233. The van der Waals surface area contributed by atoms with Crippen molar-refractivity contribution in [2.24, 2.45) is 0 Å². The van der Waals surface area contributed by atoms with Crippen molar-refractivity contribution in [3.8, 4) is 0 Å². The number of hydrogen-bond donors (Lipinski definition) is 2. The zero-order valence-corrected chi connectivity index (χ0v) is 9.41. The molecule has 6 heteroatoms. The van der Waals surface area contributed by atoms with Gasteiger partial charge in [-0.05, 0) is 13.8 Å². The standard InChI is InChI=1S/C10H18O6/c1-5-13-4-8-10(15-5)9(7(12)3-11)16-6(2)14-8/h5-12H,3-4H2,1-2H3/t5-,6+,7+,8+,9+,10-/m0/s1. The van der Waals surface area contributed by atoms with Crippen LogP contribution in [0.2, 0.25) is 0 Å². The van der Waals surface area contributed by atoms with E-state index in [2.05, 4.69) is 0 Å². The molecule has 2 N–H and O–H groups in total. The molecule has 2 saturated heterocycles. The number of aliphatic hydroxyl groups is 2. The molecule has 0 aromatic rings. The summed E-state index contributed by atoms with van der Waals surface area (Å²) in [6, 6.07) is 0. The first-order valence-corrected chi connectivity index (χ1v) is 5.48. The molecule has 2 rings (SSSR count). The molecule has 16 heavy (non-hydrogen) atoms. The van der Waals surface area contributed by atoms with Crippen molar-refractivity contribution in [1.82, 2.24) is 0 Å². The lowest BCUT2D eigenvalue weighted by molar-refractivity contribution is -0.361. The van der Waals surface area contributed by atoms with Crippen LogP contribution in [0.3, 0.4) is 0 Å². The summed E-state index contributed by atoms with van der Waals surface area (Å²) in [7, 11) is 0. The summed E-state index contributed by atoms with van der Waals surface area (Å²) in [5.74, 6) is 0. The van der Waals surface area contributed by atoms with Crippen LogP contribution in [-0.4, -0.2) is 60.4 Å². The van der Waals surface area contributed by atoms with Gasteiger partial charge < -0.3 is 29.2 Å². The van der Waals surface area contributed by atoms with Crippen LogP contribution in [0.4, 0.5) is 0 Å². The highest BCUT2D eigenvalue weighted by Crippen LogP contribution is 2.28. The van der Waals surface area contributed by atoms with E-state index < -0.39 is 24.6 Å². The summed E-state index contributed by atoms with van der Waals surface area (Å²) in [5, 5.41) is 18.6. The molecule has 0 radical (unpaired) electrons. The summed E-state index contributed by atoms with van der Waals surface area (Å²) in [6.45, 7) is 3.56. The Labute approximate surface area is 94.1 Å². The Balaban J connectivity index is 2.08. The smallest absolute Gasteiger partial charge is 0.156 e. The average Bonchev–Trinajstić information content (AvgIpc) is 2.27. The van der Waals surface area contributed by atoms with Crippen LogP contribution in [0.15, 0.2) is 0 Å². The van der Waals surface area contributed by atoms with E-state index in [1.54, 1.807) is 13.8 Å². The van der Waals surface area contributed by atoms with E-state index in [0.29, 0.717) is 6.61 Å². The molecule has 0 bridgehead atoms. The van der Waals surface area contributed by atoms with Gasteiger partial charge in [0, 0.05) is 0 Å². The molecule has 0 saturated carbocycles. The SMILES string of the molecule is C[C@H]1OC[C@H]2O[C@@H](C)O[C@H]([C@H](O)CO)[C@H]2O1. The van der Waals surface area contributed by atoms with E-state index in [1.807, 2.05) is 0 Å². The maximum absolute atomic E-state index is 9.67. The van der Waals surface area contributed by atoms with Gasteiger partial charge in [0.25, 0.3) is 0 Å². The lowest BCUT2D eigenvalue weighted by Gasteiger charge is -2.45. The average molecular weight is 234 g/mol. The summed E-state index contributed by atoms with van der Waals surface area (Å²) >= 11 is 0. The third-order valence-corrected chi connectivity index (χ3v) is 2.82. The van der Waals surface area contributed by atoms with Gasteiger partial charge in [-0.2, -0.15) is 0 Å². The van der Waals surface area contributed by atoms with E-state index in [-0.39, 0.29) is 19.0 Å². The van der Waals surface area contributed by atoms with Crippen LogP contribution >= 0.6 is 0 Å². The topological polar surface area (TPSA) is 77.4 Å². The Hall–Kier alpha value is -0.240. The fourth-order valence-corrected chi connectivity index (χ4v) is 2.07. The molecule has 2 aliphatic rings. The largest absolute Gasteiger partial charge is 0.394 e. The second kappa shape index (κ2) is 4.95. The van der Waals surface area contributed by atoms with E-state index >= 15 is 0 Å². The Morgan fingerprint density at radius 2 is 1.94 bits per heavy atom. The molecule has 2 aliphatic heterocycles. The van der Waals surface area contributed by atoms with Crippen molar-refractivity contribution in [2.75, 3.05) is 13.2 Å². The van der Waals surface area contributed by atoms with Gasteiger partial charge in [-0.3, -0.25) is 0 Å². The Kier molecular flexibility index (Phi) is 3.78. The molecule has 6 nitrogen and oxygen atoms in total. The lowest BCUT2D eigenvalue weighted by atomic mass is 10.0. The fourth-order valence-electron chi connectivity index (χ4n) is 2.07. The summed E-state index contributed by atoms with van der Waals surface area (Å²) in [4.78, 5) is 0. The number of fused-ring (bicyclic) bond motifs is 1. The zero-order valence-electron chi connectivity index (χ0n) is 9.41. The number of ether oxygens (including phenoxy) is 4. The van der Waals surface area contributed by atoms with Crippen LogP contribution in [0, 0.1) is 0 Å². The van der Waals surface area contributed by atoms with Crippen LogP contribution < -0.4 is 0 Å². The third-order valence-electron chi connectivity index (χ3n) is 2.82.